The van der Waals surface area contributed by atoms with Crippen molar-refractivity contribution in [2.24, 2.45) is 11.8 Å². The molecule has 4 saturated heterocycles. The third kappa shape index (κ3) is 2.23. The minimum Gasteiger partial charge on any atom is -0.412 e. The Morgan fingerprint density at radius 2 is 2.16 bits per heavy atom. The zero-order valence-corrected chi connectivity index (χ0v) is 15.1. The largest absolute Gasteiger partial charge is 0.412 e. The number of fused-ring (bicyclic) bond motifs is 7. The first-order valence-electron chi connectivity index (χ1n) is 8.78. The third-order valence-corrected chi connectivity index (χ3v) is 6.68. The quantitative estimate of drug-likeness (QED) is 0.784. The van der Waals surface area contributed by atoms with Gasteiger partial charge in [-0.05, 0) is 37.3 Å². The summed E-state index contributed by atoms with van der Waals surface area (Å²) in [5.41, 5.74) is 0.412. The number of ether oxygens (including phenoxy) is 1. The summed E-state index contributed by atoms with van der Waals surface area (Å²) in [5.74, 6) is 1.24. The SMILES string of the molecule is C=C[C@H]1CN2CC[C@H]1C[C@H]2[C@@]12Nc3ccccc3[C@]1(O)CCO2.Cl.O. The Balaban J connectivity index is 0.000000911. The van der Waals surface area contributed by atoms with E-state index < -0.39 is 11.3 Å². The van der Waals surface area contributed by atoms with Gasteiger partial charge >= 0.3 is 0 Å². The molecule has 0 radical (unpaired) electrons. The fourth-order valence-electron chi connectivity index (χ4n) is 5.51. The van der Waals surface area contributed by atoms with Gasteiger partial charge in [-0.2, -0.15) is 0 Å². The predicted molar refractivity (Wildman–Crippen MR) is 99.9 cm³/mol. The summed E-state index contributed by atoms with van der Waals surface area (Å²) in [6, 6.07) is 8.35. The molecule has 1 unspecified atom stereocenters. The summed E-state index contributed by atoms with van der Waals surface area (Å²) in [7, 11) is 0. The fraction of sp³-hybridized carbons (Fsp3) is 0.579. The van der Waals surface area contributed by atoms with Crippen LogP contribution in [0.3, 0.4) is 0 Å². The van der Waals surface area contributed by atoms with E-state index in [2.05, 4.69) is 28.9 Å². The van der Waals surface area contributed by atoms with Gasteiger partial charge in [0, 0.05) is 24.2 Å². The molecule has 6 heteroatoms. The van der Waals surface area contributed by atoms with E-state index in [0.717, 1.165) is 30.8 Å². The Morgan fingerprint density at radius 1 is 1.36 bits per heavy atom. The molecular weight excluding hydrogens is 340 g/mol. The lowest BCUT2D eigenvalue weighted by atomic mass is 9.70. The molecule has 2 bridgehead atoms. The number of nitrogens with zero attached hydrogens (tertiary/aromatic N) is 1. The van der Waals surface area contributed by atoms with E-state index in [-0.39, 0.29) is 23.9 Å². The highest BCUT2D eigenvalue weighted by Gasteiger charge is 2.67. The first-order valence-corrected chi connectivity index (χ1v) is 8.78. The van der Waals surface area contributed by atoms with Gasteiger partial charge in [-0.1, -0.05) is 24.3 Å². The van der Waals surface area contributed by atoms with Gasteiger partial charge in [-0.15, -0.1) is 19.0 Å². The van der Waals surface area contributed by atoms with Gasteiger partial charge in [-0.25, -0.2) is 0 Å². The second-order valence-corrected chi connectivity index (χ2v) is 7.56. The maximum atomic E-state index is 11.6. The lowest BCUT2D eigenvalue weighted by molar-refractivity contribution is -0.168. The predicted octanol–water partition coefficient (Wildman–Crippen LogP) is 1.91. The summed E-state index contributed by atoms with van der Waals surface area (Å²) in [6.45, 7) is 6.76. The van der Waals surface area contributed by atoms with Crippen molar-refractivity contribution in [3.63, 3.8) is 0 Å². The van der Waals surface area contributed by atoms with Crippen molar-refractivity contribution in [3.05, 3.63) is 42.5 Å². The Kier molecular flexibility index (Phi) is 4.67. The molecule has 138 valence electrons. The summed E-state index contributed by atoms with van der Waals surface area (Å²) in [5, 5.41) is 15.2. The highest BCUT2D eigenvalue weighted by Crippen LogP contribution is 2.57. The van der Waals surface area contributed by atoms with Crippen LogP contribution in [-0.4, -0.2) is 46.9 Å². The molecule has 4 N–H and O–H groups in total. The highest BCUT2D eigenvalue weighted by molar-refractivity contribution is 5.85. The summed E-state index contributed by atoms with van der Waals surface area (Å²) < 4.78 is 6.28. The molecule has 4 fully saturated rings. The van der Waals surface area contributed by atoms with Crippen LogP contribution in [0.4, 0.5) is 5.69 Å². The molecule has 5 aliphatic rings. The Morgan fingerprint density at radius 3 is 2.88 bits per heavy atom. The van der Waals surface area contributed by atoms with Crippen molar-refractivity contribution in [3.8, 4) is 0 Å². The van der Waals surface area contributed by atoms with Crippen molar-refractivity contribution >= 4 is 18.1 Å². The smallest absolute Gasteiger partial charge is 0.187 e. The lowest BCUT2D eigenvalue weighted by Gasteiger charge is -2.55. The zero-order chi connectivity index (χ0) is 15.7. The molecule has 25 heavy (non-hydrogen) atoms. The van der Waals surface area contributed by atoms with E-state index in [1.54, 1.807) is 0 Å². The molecule has 6 atom stereocenters. The van der Waals surface area contributed by atoms with Gasteiger partial charge in [0.15, 0.2) is 5.72 Å². The van der Waals surface area contributed by atoms with Crippen LogP contribution in [0.5, 0.6) is 0 Å². The monoisotopic (exact) mass is 366 g/mol. The van der Waals surface area contributed by atoms with Crippen LogP contribution < -0.4 is 5.32 Å². The van der Waals surface area contributed by atoms with Gasteiger partial charge in [0.05, 0.1) is 12.6 Å². The summed E-state index contributed by atoms with van der Waals surface area (Å²) in [4.78, 5) is 2.52. The van der Waals surface area contributed by atoms with E-state index in [0.29, 0.717) is 24.9 Å². The molecule has 5 heterocycles. The Hall–Kier alpha value is -1.11. The Bertz CT molecular complexity index is 672. The minimum absolute atomic E-state index is 0. The second kappa shape index (κ2) is 6.25. The number of para-hydroxylation sites is 1. The number of hydrogen-bond acceptors (Lipinski definition) is 4. The van der Waals surface area contributed by atoms with Crippen LogP contribution in [0.2, 0.25) is 0 Å². The zero-order valence-electron chi connectivity index (χ0n) is 14.3. The van der Waals surface area contributed by atoms with E-state index in [1.165, 1.54) is 6.42 Å². The van der Waals surface area contributed by atoms with Gasteiger partial charge in [-0.3, -0.25) is 4.90 Å². The molecule has 6 rings (SSSR count). The molecule has 0 aliphatic carbocycles. The first-order chi connectivity index (χ1) is 11.2. The number of aliphatic hydroxyl groups is 1. The van der Waals surface area contributed by atoms with Crippen molar-refractivity contribution in [1.82, 2.24) is 4.90 Å². The number of anilines is 1. The van der Waals surface area contributed by atoms with Crippen LogP contribution in [0.25, 0.3) is 0 Å². The van der Waals surface area contributed by atoms with Crippen molar-refractivity contribution < 1.29 is 15.3 Å². The maximum absolute atomic E-state index is 11.6. The molecule has 0 spiro atoms. The number of benzene rings is 1. The van der Waals surface area contributed by atoms with Crippen LogP contribution in [0.1, 0.15) is 24.8 Å². The number of halogens is 1. The van der Waals surface area contributed by atoms with E-state index in [4.69, 9.17) is 4.74 Å². The van der Waals surface area contributed by atoms with Gasteiger partial charge < -0.3 is 20.6 Å². The highest BCUT2D eigenvalue weighted by atomic mass is 35.5. The van der Waals surface area contributed by atoms with Crippen LogP contribution in [0.15, 0.2) is 36.9 Å². The topological polar surface area (TPSA) is 76.2 Å². The van der Waals surface area contributed by atoms with E-state index in [1.807, 2.05) is 18.2 Å². The van der Waals surface area contributed by atoms with Gasteiger partial charge in [0.1, 0.15) is 5.60 Å². The van der Waals surface area contributed by atoms with Gasteiger partial charge in [0.2, 0.25) is 0 Å². The average molecular weight is 367 g/mol. The van der Waals surface area contributed by atoms with E-state index >= 15 is 0 Å². The first kappa shape index (κ1) is 18.7. The maximum Gasteiger partial charge on any atom is 0.187 e. The summed E-state index contributed by atoms with van der Waals surface area (Å²) >= 11 is 0. The number of rotatable bonds is 2. The van der Waals surface area contributed by atoms with Crippen LogP contribution >= 0.6 is 12.4 Å². The van der Waals surface area contributed by atoms with Crippen molar-refractivity contribution in [2.75, 3.05) is 25.0 Å². The molecule has 1 aromatic rings. The average Bonchev–Trinajstić information content (AvgIpc) is 3.05. The minimum atomic E-state index is -0.921. The van der Waals surface area contributed by atoms with Gasteiger partial charge in [0.25, 0.3) is 0 Å². The Labute approximate surface area is 154 Å². The molecule has 1 aromatic carbocycles. The van der Waals surface area contributed by atoms with Crippen molar-refractivity contribution in [2.45, 2.75) is 36.6 Å². The molecule has 5 aliphatic heterocycles. The number of piperidine rings is 3. The molecule has 0 aromatic heterocycles. The van der Waals surface area contributed by atoms with E-state index in [9.17, 15) is 5.11 Å². The fourth-order valence-corrected chi connectivity index (χ4v) is 5.51. The number of nitrogens with one attached hydrogen (secondary N) is 1. The van der Waals surface area contributed by atoms with Crippen LogP contribution in [0, 0.1) is 11.8 Å². The second-order valence-electron chi connectivity index (χ2n) is 7.56. The summed E-state index contributed by atoms with van der Waals surface area (Å²) in [6.07, 6.45) is 5.08. The molecule has 0 saturated carbocycles. The van der Waals surface area contributed by atoms with Crippen molar-refractivity contribution in [1.29, 1.82) is 0 Å². The molecule has 5 nitrogen and oxygen atoms in total. The number of hydrogen-bond donors (Lipinski definition) is 2. The normalized spacial score (nSPS) is 43.2. The lowest BCUT2D eigenvalue weighted by Crippen LogP contribution is -2.68. The molecule has 0 amide bonds. The molecular formula is C19H27ClN2O3. The van der Waals surface area contributed by atoms with Crippen LogP contribution in [-0.2, 0) is 10.3 Å². The third-order valence-electron chi connectivity index (χ3n) is 6.68. The standard InChI is InChI=1S/C19H24N2O2.ClH.H2O/c1-2-13-12-21-9-7-14(13)11-17(21)19-18(22,8-10-23-19)15-5-3-4-6-16(15)20-19;;/h2-6,13-14,17,20,22H,1,7-12H2;1H;1H2/t13-,14-,17-,18+,19-;;/m0../s1.